The number of aromatic nitrogens is 3. The lowest BCUT2D eigenvalue weighted by atomic mass is 10.0. The number of likely N-dealkylation sites (N-methyl/N-ethyl adjacent to an activating group) is 3. The maximum Gasteiger partial charge on any atom is 0.138 e. The molecule has 1 aliphatic rings. The van der Waals surface area contributed by atoms with Crippen molar-refractivity contribution in [2.45, 2.75) is 44.8 Å². The fraction of sp³-hybridized carbons (Fsp3) is 0.867. The summed E-state index contributed by atoms with van der Waals surface area (Å²) < 4.78 is 2.03. The van der Waals surface area contributed by atoms with E-state index in [1.165, 1.54) is 6.54 Å². The Morgan fingerprint density at radius 1 is 1.33 bits per heavy atom. The van der Waals surface area contributed by atoms with Crippen LogP contribution in [0, 0.1) is 0 Å². The summed E-state index contributed by atoms with van der Waals surface area (Å²) in [5, 5.41) is 7.80. The van der Waals surface area contributed by atoms with Crippen molar-refractivity contribution in [3.63, 3.8) is 0 Å². The van der Waals surface area contributed by atoms with Gasteiger partial charge in [-0.2, -0.15) is 5.10 Å². The van der Waals surface area contributed by atoms with E-state index in [4.69, 9.17) is 0 Å². The van der Waals surface area contributed by atoms with Crippen molar-refractivity contribution >= 4 is 0 Å². The lowest BCUT2D eigenvalue weighted by Crippen LogP contribution is -2.52. The molecule has 0 amide bonds. The largest absolute Gasteiger partial charge is 0.316 e. The number of rotatable bonds is 6. The van der Waals surface area contributed by atoms with Gasteiger partial charge in [0.15, 0.2) is 0 Å². The summed E-state index contributed by atoms with van der Waals surface area (Å²) in [6.45, 7) is 7.76. The Labute approximate surface area is 128 Å². The minimum absolute atomic E-state index is 0.364. The summed E-state index contributed by atoms with van der Waals surface area (Å²) >= 11 is 0. The molecule has 1 saturated heterocycles. The van der Waals surface area contributed by atoms with Gasteiger partial charge in [-0.3, -0.25) is 0 Å². The summed E-state index contributed by atoms with van der Waals surface area (Å²) in [7, 11) is 6.50. The van der Waals surface area contributed by atoms with Crippen LogP contribution < -0.4 is 5.32 Å². The Hall–Kier alpha value is -0.980. The molecule has 1 N–H and O–H groups in total. The van der Waals surface area contributed by atoms with Crippen LogP contribution >= 0.6 is 0 Å². The van der Waals surface area contributed by atoms with Gasteiger partial charge in [0.25, 0.3) is 0 Å². The molecule has 0 aromatic carbocycles. The zero-order valence-electron chi connectivity index (χ0n) is 14.1. The number of piperazine rings is 1. The Morgan fingerprint density at radius 3 is 2.76 bits per heavy atom. The minimum atomic E-state index is 0.364. The van der Waals surface area contributed by atoms with Gasteiger partial charge in [-0.15, -0.1) is 0 Å². The molecule has 6 nitrogen and oxygen atoms in total. The zero-order chi connectivity index (χ0) is 15.4. The van der Waals surface area contributed by atoms with Crippen LogP contribution in [0.4, 0.5) is 0 Å². The maximum absolute atomic E-state index is 4.44. The van der Waals surface area contributed by atoms with Crippen LogP contribution in [0.2, 0.25) is 0 Å². The predicted octanol–water partition coefficient (Wildman–Crippen LogP) is 0.625. The van der Waals surface area contributed by atoms with E-state index in [-0.39, 0.29) is 0 Å². The Bertz CT molecular complexity index is 430. The van der Waals surface area contributed by atoms with Gasteiger partial charge >= 0.3 is 0 Å². The fourth-order valence-corrected chi connectivity index (χ4v) is 3.06. The Kier molecular flexibility index (Phi) is 5.72. The first-order valence-electron chi connectivity index (χ1n) is 7.95. The molecular formula is C15H30N6. The maximum atomic E-state index is 4.44. The second kappa shape index (κ2) is 7.33. The molecule has 2 unspecified atom stereocenters. The Morgan fingerprint density at radius 2 is 2.10 bits per heavy atom. The van der Waals surface area contributed by atoms with Crippen molar-refractivity contribution < 1.29 is 0 Å². The first kappa shape index (κ1) is 16.4. The summed E-state index contributed by atoms with van der Waals surface area (Å²) in [6, 6.07) is 1.41. The molecule has 1 fully saturated rings. The van der Waals surface area contributed by atoms with E-state index >= 15 is 0 Å². The van der Waals surface area contributed by atoms with Crippen LogP contribution in [-0.2, 0) is 6.42 Å². The molecule has 120 valence electrons. The third-order valence-electron chi connectivity index (χ3n) is 4.51. The molecule has 1 aromatic heterocycles. The van der Waals surface area contributed by atoms with Crippen LogP contribution in [0.15, 0.2) is 6.33 Å². The lowest BCUT2D eigenvalue weighted by Gasteiger charge is -2.39. The molecule has 0 bridgehead atoms. The van der Waals surface area contributed by atoms with Gasteiger partial charge in [0.05, 0.1) is 0 Å². The SMILES string of the molecule is CNC(Cc1ncnn1C(C)C)CC1CN(C)CCN1C. The summed E-state index contributed by atoms with van der Waals surface area (Å²) in [6.07, 6.45) is 3.74. The van der Waals surface area contributed by atoms with E-state index in [9.17, 15) is 0 Å². The van der Waals surface area contributed by atoms with Gasteiger partial charge in [-0.25, -0.2) is 9.67 Å². The van der Waals surface area contributed by atoms with Crippen molar-refractivity contribution in [3.8, 4) is 0 Å². The lowest BCUT2D eigenvalue weighted by molar-refractivity contribution is 0.101. The van der Waals surface area contributed by atoms with Crippen LogP contribution in [0.25, 0.3) is 0 Å². The van der Waals surface area contributed by atoms with Gasteiger partial charge in [-0.05, 0) is 41.4 Å². The van der Waals surface area contributed by atoms with Crippen LogP contribution in [0.1, 0.15) is 32.1 Å². The summed E-state index contributed by atoms with van der Waals surface area (Å²) in [5.74, 6) is 1.08. The second-order valence-corrected chi connectivity index (χ2v) is 6.54. The smallest absolute Gasteiger partial charge is 0.138 e. The summed E-state index contributed by atoms with van der Waals surface area (Å²) in [5.41, 5.74) is 0. The third-order valence-corrected chi connectivity index (χ3v) is 4.51. The first-order valence-corrected chi connectivity index (χ1v) is 7.95. The van der Waals surface area contributed by atoms with Crippen LogP contribution in [0.3, 0.4) is 0 Å². The number of hydrogen-bond acceptors (Lipinski definition) is 5. The highest BCUT2D eigenvalue weighted by Crippen LogP contribution is 2.15. The molecule has 2 atom stereocenters. The van der Waals surface area contributed by atoms with Crippen molar-refractivity contribution in [1.29, 1.82) is 0 Å². The molecule has 2 rings (SSSR count). The van der Waals surface area contributed by atoms with Gasteiger partial charge in [0, 0.05) is 44.2 Å². The molecule has 2 heterocycles. The van der Waals surface area contributed by atoms with Gasteiger partial charge in [0.1, 0.15) is 12.2 Å². The monoisotopic (exact) mass is 294 g/mol. The quantitative estimate of drug-likeness (QED) is 0.834. The van der Waals surface area contributed by atoms with Gasteiger partial charge < -0.3 is 15.1 Å². The van der Waals surface area contributed by atoms with Crippen LogP contribution in [-0.4, -0.2) is 77.4 Å². The molecule has 0 aliphatic carbocycles. The topological polar surface area (TPSA) is 49.2 Å². The van der Waals surface area contributed by atoms with Gasteiger partial charge in [-0.1, -0.05) is 0 Å². The normalized spacial score (nSPS) is 22.9. The molecular weight excluding hydrogens is 264 g/mol. The molecule has 6 heteroatoms. The highest BCUT2D eigenvalue weighted by atomic mass is 15.3. The van der Waals surface area contributed by atoms with E-state index in [2.05, 4.69) is 53.1 Å². The average Bonchev–Trinajstić information content (AvgIpc) is 2.90. The molecule has 0 saturated carbocycles. The second-order valence-electron chi connectivity index (χ2n) is 6.54. The van der Waals surface area contributed by atoms with E-state index in [0.29, 0.717) is 18.1 Å². The van der Waals surface area contributed by atoms with Crippen molar-refractivity contribution in [1.82, 2.24) is 29.9 Å². The predicted molar refractivity (Wildman–Crippen MR) is 85.5 cm³/mol. The van der Waals surface area contributed by atoms with Gasteiger partial charge in [0.2, 0.25) is 0 Å². The van der Waals surface area contributed by atoms with Crippen molar-refractivity contribution in [2.75, 3.05) is 40.8 Å². The van der Waals surface area contributed by atoms with E-state index in [1.54, 1.807) is 6.33 Å². The number of hydrogen-bond donors (Lipinski definition) is 1. The molecule has 21 heavy (non-hydrogen) atoms. The number of nitrogens with one attached hydrogen (secondary N) is 1. The highest BCUT2D eigenvalue weighted by molar-refractivity contribution is 4.93. The van der Waals surface area contributed by atoms with E-state index in [1.807, 2.05) is 11.7 Å². The van der Waals surface area contributed by atoms with E-state index in [0.717, 1.165) is 31.8 Å². The zero-order valence-corrected chi connectivity index (χ0v) is 14.1. The molecule has 1 aliphatic heterocycles. The molecule has 0 spiro atoms. The molecule has 1 aromatic rings. The van der Waals surface area contributed by atoms with Crippen LogP contribution in [0.5, 0.6) is 0 Å². The summed E-state index contributed by atoms with van der Waals surface area (Å²) in [4.78, 5) is 9.35. The van der Waals surface area contributed by atoms with Crippen molar-refractivity contribution in [2.24, 2.45) is 0 Å². The first-order chi connectivity index (χ1) is 10.0. The fourth-order valence-electron chi connectivity index (χ4n) is 3.06. The standard InChI is InChI=1S/C15H30N6/c1-12(2)21-15(17-11-18-21)9-13(16-3)8-14-10-19(4)6-7-20(14)5/h11-14,16H,6-10H2,1-5H3. The number of nitrogens with zero attached hydrogens (tertiary/aromatic N) is 5. The highest BCUT2D eigenvalue weighted by Gasteiger charge is 2.25. The Balaban J connectivity index is 1.98. The molecule has 0 radical (unpaired) electrons. The minimum Gasteiger partial charge on any atom is -0.316 e. The van der Waals surface area contributed by atoms with E-state index < -0.39 is 0 Å². The third kappa shape index (κ3) is 4.25. The average molecular weight is 294 g/mol. The van der Waals surface area contributed by atoms with Crippen molar-refractivity contribution in [3.05, 3.63) is 12.2 Å².